The Balaban J connectivity index is 1.46. The van der Waals surface area contributed by atoms with Gasteiger partial charge in [-0.25, -0.2) is 4.52 Å². The van der Waals surface area contributed by atoms with Gasteiger partial charge in [0, 0.05) is 11.3 Å². The summed E-state index contributed by atoms with van der Waals surface area (Å²) in [6.45, 7) is 9.05. The van der Waals surface area contributed by atoms with Crippen LogP contribution in [0.4, 0.5) is 0 Å². The molecule has 5 heteroatoms. The van der Waals surface area contributed by atoms with Crippen LogP contribution in [0, 0.1) is 20.8 Å². The van der Waals surface area contributed by atoms with Gasteiger partial charge in [-0.05, 0) is 67.9 Å². The van der Waals surface area contributed by atoms with Gasteiger partial charge in [0.2, 0.25) is 4.96 Å². The van der Waals surface area contributed by atoms with Gasteiger partial charge in [0.15, 0.2) is 5.82 Å². The van der Waals surface area contributed by atoms with Gasteiger partial charge in [0.05, 0.1) is 11.3 Å². The van der Waals surface area contributed by atoms with Crippen molar-refractivity contribution in [1.82, 2.24) is 14.6 Å². The third-order valence-electron chi connectivity index (χ3n) is 6.34. The van der Waals surface area contributed by atoms with Crippen molar-refractivity contribution in [3.63, 3.8) is 0 Å². The van der Waals surface area contributed by atoms with Crippen LogP contribution in [0.3, 0.4) is 0 Å². The van der Waals surface area contributed by atoms with Gasteiger partial charge in [0.25, 0.3) is 0 Å². The zero-order chi connectivity index (χ0) is 20.3. The van der Waals surface area contributed by atoms with Crippen LogP contribution in [0.15, 0.2) is 41.8 Å². The number of hydrogen-bond donors (Lipinski definition) is 1. The Morgan fingerprint density at radius 1 is 1.10 bits per heavy atom. The summed E-state index contributed by atoms with van der Waals surface area (Å²) >= 11 is 1.62. The highest BCUT2D eigenvalue weighted by molar-refractivity contribution is 7.15. The topological polar surface area (TPSA) is 50.4 Å². The van der Waals surface area contributed by atoms with E-state index < -0.39 is 0 Å². The molecule has 1 fully saturated rings. The van der Waals surface area contributed by atoms with Crippen molar-refractivity contribution in [1.29, 1.82) is 0 Å². The number of nitrogens with zero attached hydrogens (tertiary/aromatic N) is 3. The van der Waals surface area contributed by atoms with Gasteiger partial charge in [-0.1, -0.05) is 36.8 Å². The molecular weight excluding hydrogens is 378 g/mol. The van der Waals surface area contributed by atoms with Crippen LogP contribution in [0.2, 0.25) is 0 Å². The molecule has 0 amide bonds. The predicted octanol–water partition coefficient (Wildman–Crippen LogP) is 5.92. The summed E-state index contributed by atoms with van der Waals surface area (Å²) in [6.07, 6.45) is 2.24. The second kappa shape index (κ2) is 6.42. The minimum atomic E-state index is 0.210. The fraction of sp³-hybridized carbons (Fsp3) is 0.333. The van der Waals surface area contributed by atoms with Gasteiger partial charge in [-0.15, -0.1) is 16.4 Å². The highest BCUT2D eigenvalue weighted by Crippen LogP contribution is 2.54. The highest BCUT2D eigenvalue weighted by Gasteiger charge is 2.45. The molecule has 2 heterocycles. The van der Waals surface area contributed by atoms with E-state index in [0.717, 1.165) is 17.8 Å². The number of para-hydroxylation sites is 1. The molecule has 0 unspecified atom stereocenters. The van der Waals surface area contributed by atoms with E-state index in [1.807, 2.05) is 22.7 Å². The lowest BCUT2D eigenvalue weighted by molar-refractivity contribution is 0.217. The molecule has 1 saturated carbocycles. The summed E-state index contributed by atoms with van der Waals surface area (Å²) in [5, 5.41) is 17.1. The van der Waals surface area contributed by atoms with Crippen molar-refractivity contribution in [3.05, 3.63) is 69.7 Å². The molecule has 1 aliphatic rings. The molecule has 4 nitrogen and oxygen atoms in total. The van der Waals surface area contributed by atoms with Crippen molar-refractivity contribution in [2.24, 2.45) is 0 Å². The third-order valence-corrected chi connectivity index (χ3v) is 7.18. The monoisotopic (exact) mass is 403 g/mol. The normalized spacial score (nSPS) is 21.4. The van der Waals surface area contributed by atoms with Crippen molar-refractivity contribution in [2.75, 3.05) is 0 Å². The van der Waals surface area contributed by atoms with Gasteiger partial charge in [-0.3, -0.25) is 0 Å². The van der Waals surface area contributed by atoms with Crippen molar-refractivity contribution in [3.8, 4) is 17.1 Å². The first-order valence-electron chi connectivity index (χ1n) is 10.1. The quantitative estimate of drug-likeness (QED) is 0.462. The Labute approximate surface area is 174 Å². The SMILES string of the molecule is Cc1cc(C)c(C2(C)CC(c3csc4nc(-c5ccccc5O)nn34)C2)c(C)c1. The molecule has 0 aliphatic heterocycles. The number of aromatic nitrogens is 3. The number of hydrogen-bond acceptors (Lipinski definition) is 4. The second-order valence-corrected chi connectivity index (χ2v) is 9.58. The molecule has 0 bridgehead atoms. The molecule has 29 heavy (non-hydrogen) atoms. The number of aryl methyl sites for hydroxylation is 3. The van der Waals surface area contributed by atoms with E-state index in [0.29, 0.717) is 17.3 Å². The van der Waals surface area contributed by atoms with E-state index in [9.17, 15) is 5.11 Å². The Hall–Kier alpha value is -2.66. The molecule has 1 N–H and O–H groups in total. The molecule has 1 aliphatic carbocycles. The van der Waals surface area contributed by atoms with E-state index in [1.165, 1.54) is 27.9 Å². The van der Waals surface area contributed by atoms with Crippen molar-refractivity contribution >= 4 is 16.3 Å². The van der Waals surface area contributed by atoms with Gasteiger partial charge in [0.1, 0.15) is 5.75 Å². The lowest BCUT2D eigenvalue weighted by Crippen LogP contribution is -2.39. The van der Waals surface area contributed by atoms with Crippen LogP contribution in [0.5, 0.6) is 5.75 Å². The number of rotatable bonds is 3. The summed E-state index contributed by atoms with van der Waals surface area (Å²) in [5.74, 6) is 1.28. The molecule has 0 spiro atoms. The zero-order valence-electron chi connectivity index (χ0n) is 17.2. The predicted molar refractivity (Wildman–Crippen MR) is 118 cm³/mol. The van der Waals surface area contributed by atoms with Gasteiger partial charge >= 0.3 is 0 Å². The molecule has 148 valence electrons. The van der Waals surface area contributed by atoms with E-state index >= 15 is 0 Å². The van der Waals surface area contributed by atoms with E-state index in [1.54, 1.807) is 17.4 Å². The fourth-order valence-corrected chi connectivity index (χ4v) is 6.23. The number of fused-ring (bicyclic) bond motifs is 1. The Morgan fingerprint density at radius 2 is 1.79 bits per heavy atom. The highest BCUT2D eigenvalue weighted by atomic mass is 32.1. The largest absolute Gasteiger partial charge is 0.507 e. The Bertz CT molecular complexity index is 1210. The second-order valence-electron chi connectivity index (χ2n) is 8.75. The maximum Gasteiger partial charge on any atom is 0.212 e. The first-order chi connectivity index (χ1) is 13.9. The first-order valence-corrected chi connectivity index (χ1v) is 10.9. The molecular formula is C24H25N3OS. The molecule has 0 radical (unpaired) electrons. The van der Waals surface area contributed by atoms with E-state index in [4.69, 9.17) is 5.10 Å². The lowest BCUT2D eigenvalue weighted by atomic mass is 9.57. The van der Waals surface area contributed by atoms with Gasteiger partial charge in [-0.2, -0.15) is 4.98 Å². The molecule has 0 atom stereocenters. The minimum absolute atomic E-state index is 0.210. The van der Waals surface area contributed by atoms with Crippen molar-refractivity contribution < 1.29 is 5.11 Å². The number of benzene rings is 2. The summed E-state index contributed by atoms with van der Waals surface area (Å²) < 4.78 is 1.98. The number of phenols is 1. The maximum atomic E-state index is 10.1. The molecule has 2 aromatic carbocycles. The number of thiazole rings is 1. The van der Waals surface area contributed by atoms with Crippen LogP contribution in [0.1, 0.15) is 53.6 Å². The zero-order valence-corrected chi connectivity index (χ0v) is 18.0. The first kappa shape index (κ1) is 18.4. The number of aromatic hydroxyl groups is 1. The van der Waals surface area contributed by atoms with E-state index in [2.05, 4.69) is 50.2 Å². The Kier molecular flexibility index (Phi) is 4.07. The minimum Gasteiger partial charge on any atom is -0.507 e. The van der Waals surface area contributed by atoms with Crippen LogP contribution >= 0.6 is 11.3 Å². The maximum absolute atomic E-state index is 10.1. The standard InChI is InChI=1S/C24H25N3OS/c1-14-9-15(2)21(16(3)10-14)24(4)11-17(12-24)19-13-29-23-25-22(26-27(19)23)18-7-5-6-8-20(18)28/h5-10,13,17,28H,11-12H2,1-4H3. The fourth-order valence-electron chi connectivity index (χ4n) is 5.32. The van der Waals surface area contributed by atoms with Crippen LogP contribution in [-0.2, 0) is 5.41 Å². The molecule has 0 saturated heterocycles. The van der Waals surface area contributed by atoms with Crippen LogP contribution in [-0.4, -0.2) is 19.7 Å². The average Bonchev–Trinajstić information content (AvgIpc) is 3.19. The molecule has 4 aromatic rings. The summed E-state index contributed by atoms with van der Waals surface area (Å²) in [6, 6.07) is 11.9. The average molecular weight is 404 g/mol. The van der Waals surface area contributed by atoms with Crippen LogP contribution in [0.25, 0.3) is 16.3 Å². The van der Waals surface area contributed by atoms with Gasteiger partial charge < -0.3 is 5.11 Å². The van der Waals surface area contributed by atoms with Crippen molar-refractivity contribution in [2.45, 2.75) is 51.9 Å². The lowest BCUT2D eigenvalue weighted by Gasteiger charge is -2.47. The summed E-state index contributed by atoms with van der Waals surface area (Å²) in [7, 11) is 0. The summed E-state index contributed by atoms with van der Waals surface area (Å²) in [4.78, 5) is 5.53. The number of phenolic OH excluding ortho intramolecular Hbond substituents is 1. The third kappa shape index (κ3) is 2.87. The van der Waals surface area contributed by atoms with Crippen LogP contribution < -0.4 is 0 Å². The Morgan fingerprint density at radius 3 is 2.48 bits per heavy atom. The summed E-state index contributed by atoms with van der Waals surface area (Å²) in [5.41, 5.74) is 7.78. The smallest absolute Gasteiger partial charge is 0.212 e. The molecule has 5 rings (SSSR count). The molecule has 2 aromatic heterocycles. The van der Waals surface area contributed by atoms with E-state index in [-0.39, 0.29) is 11.2 Å².